The van der Waals surface area contributed by atoms with Crippen molar-refractivity contribution in [3.8, 4) is 0 Å². The summed E-state index contributed by atoms with van der Waals surface area (Å²) in [6.07, 6.45) is 6.28. The number of hydrogen-bond donors (Lipinski definition) is 1. The zero-order valence-corrected chi connectivity index (χ0v) is 11.5. The zero-order chi connectivity index (χ0) is 12.1. The Kier molecular flexibility index (Phi) is 4.95. The fourth-order valence-electron chi connectivity index (χ4n) is 2.60. The molecule has 2 heterocycles. The second kappa shape index (κ2) is 6.47. The SMILES string of the molecule is CCC1CCCCN1Cc1csc(CCN)n1. The molecule has 0 bridgehead atoms. The lowest BCUT2D eigenvalue weighted by Crippen LogP contribution is -2.38. The highest BCUT2D eigenvalue weighted by Crippen LogP contribution is 2.22. The highest BCUT2D eigenvalue weighted by molar-refractivity contribution is 7.09. The van der Waals surface area contributed by atoms with Crippen LogP contribution in [0.5, 0.6) is 0 Å². The van der Waals surface area contributed by atoms with Gasteiger partial charge in [0.05, 0.1) is 10.7 Å². The minimum atomic E-state index is 0.703. The molecule has 1 aliphatic rings. The average molecular weight is 253 g/mol. The molecule has 0 saturated carbocycles. The quantitative estimate of drug-likeness (QED) is 0.876. The first-order valence-corrected chi connectivity index (χ1v) is 7.58. The lowest BCUT2D eigenvalue weighted by atomic mass is 10.00. The standard InChI is InChI=1S/C13H23N3S/c1-2-12-5-3-4-8-16(12)9-11-10-17-13(15-11)6-7-14/h10,12H,2-9,14H2,1H3. The van der Waals surface area contributed by atoms with E-state index >= 15 is 0 Å². The molecule has 1 unspecified atom stereocenters. The molecule has 1 aromatic heterocycles. The number of thiazole rings is 1. The van der Waals surface area contributed by atoms with E-state index in [0.29, 0.717) is 6.54 Å². The van der Waals surface area contributed by atoms with Crippen molar-refractivity contribution in [3.63, 3.8) is 0 Å². The third-order valence-corrected chi connectivity index (χ3v) is 4.50. The van der Waals surface area contributed by atoms with Crippen LogP contribution in [0.25, 0.3) is 0 Å². The molecule has 1 aliphatic heterocycles. The van der Waals surface area contributed by atoms with Crippen LogP contribution >= 0.6 is 11.3 Å². The van der Waals surface area contributed by atoms with Gasteiger partial charge in [-0.05, 0) is 32.4 Å². The molecule has 1 fully saturated rings. The molecule has 0 radical (unpaired) electrons. The Hall–Kier alpha value is -0.450. The second-order valence-electron chi connectivity index (χ2n) is 4.80. The summed E-state index contributed by atoms with van der Waals surface area (Å²) in [6.45, 7) is 5.26. The summed E-state index contributed by atoms with van der Waals surface area (Å²) in [4.78, 5) is 7.26. The third kappa shape index (κ3) is 3.50. The van der Waals surface area contributed by atoms with E-state index in [1.54, 1.807) is 11.3 Å². The molecule has 0 spiro atoms. The summed E-state index contributed by atoms with van der Waals surface area (Å²) in [5.74, 6) is 0. The topological polar surface area (TPSA) is 42.1 Å². The highest BCUT2D eigenvalue weighted by atomic mass is 32.1. The summed E-state index contributed by atoms with van der Waals surface area (Å²) in [5, 5.41) is 3.39. The predicted octanol–water partition coefficient (Wildman–Crippen LogP) is 2.41. The molecule has 0 aliphatic carbocycles. The average Bonchev–Trinajstić information content (AvgIpc) is 2.78. The Labute approximate surface area is 108 Å². The first-order chi connectivity index (χ1) is 8.33. The molecule has 0 amide bonds. The lowest BCUT2D eigenvalue weighted by molar-refractivity contribution is 0.134. The van der Waals surface area contributed by atoms with Gasteiger partial charge in [0.2, 0.25) is 0 Å². The molecule has 17 heavy (non-hydrogen) atoms. The minimum Gasteiger partial charge on any atom is -0.330 e. The molecular weight excluding hydrogens is 230 g/mol. The molecule has 1 atom stereocenters. The van der Waals surface area contributed by atoms with E-state index in [0.717, 1.165) is 19.0 Å². The largest absolute Gasteiger partial charge is 0.330 e. The second-order valence-corrected chi connectivity index (χ2v) is 5.74. The van der Waals surface area contributed by atoms with Crippen LogP contribution in [0.1, 0.15) is 43.3 Å². The van der Waals surface area contributed by atoms with Crippen molar-refractivity contribution >= 4 is 11.3 Å². The van der Waals surface area contributed by atoms with Gasteiger partial charge in [-0.2, -0.15) is 0 Å². The molecule has 1 aromatic rings. The predicted molar refractivity (Wildman–Crippen MR) is 73.2 cm³/mol. The summed E-state index contributed by atoms with van der Waals surface area (Å²) in [7, 11) is 0. The zero-order valence-electron chi connectivity index (χ0n) is 10.7. The van der Waals surface area contributed by atoms with E-state index in [1.807, 2.05) is 0 Å². The van der Waals surface area contributed by atoms with Crippen LogP contribution in [0.2, 0.25) is 0 Å². The van der Waals surface area contributed by atoms with Crippen LogP contribution in [-0.4, -0.2) is 29.0 Å². The molecule has 2 N–H and O–H groups in total. The van der Waals surface area contributed by atoms with E-state index in [2.05, 4.69) is 22.2 Å². The van der Waals surface area contributed by atoms with Gasteiger partial charge >= 0.3 is 0 Å². The third-order valence-electron chi connectivity index (χ3n) is 3.54. The van der Waals surface area contributed by atoms with Crippen LogP contribution in [0.15, 0.2) is 5.38 Å². The number of nitrogens with two attached hydrogens (primary N) is 1. The van der Waals surface area contributed by atoms with Crippen LogP contribution in [0.4, 0.5) is 0 Å². The smallest absolute Gasteiger partial charge is 0.0941 e. The Morgan fingerprint density at radius 2 is 2.41 bits per heavy atom. The molecule has 4 heteroatoms. The maximum Gasteiger partial charge on any atom is 0.0941 e. The van der Waals surface area contributed by atoms with Crippen LogP contribution in [-0.2, 0) is 13.0 Å². The monoisotopic (exact) mass is 253 g/mol. The van der Waals surface area contributed by atoms with Crippen molar-refractivity contribution in [1.29, 1.82) is 0 Å². The number of piperidine rings is 1. The van der Waals surface area contributed by atoms with Gasteiger partial charge in [-0.25, -0.2) is 4.98 Å². The first-order valence-electron chi connectivity index (χ1n) is 6.71. The maximum absolute atomic E-state index is 5.55. The Morgan fingerprint density at radius 1 is 1.53 bits per heavy atom. The molecule has 0 aromatic carbocycles. The summed E-state index contributed by atoms with van der Waals surface area (Å²) < 4.78 is 0. The van der Waals surface area contributed by atoms with Gasteiger partial charge in [0.25, 0.3) is 0 Å². The van der Waals surface area contributed by atoms with Gasteiger partial charge in [0.15, 0.2) is 0 Å². The van der Waals surface area contributed by atoms with E-state index in [-0.39, 0.29) is 0 Å². The van der Waals surface area contributed by atoms with Crippen molar-refractivity contribution in [1.82, 2.24) is 9.88 Å². The number of rotatable bonds is 5. The number of hydrogen-bond acceptors (Lipinski definition) is 4. The van der Waals surface area contributed by atoms with Crippen molar-refractivity contribution < 1.29 is 0 Å². The van der Waals surface area contributed by atoms with Gasteiger partial charge in [-0.3, -0.25) is 4.90 Å². The van der Waals surface area contributed by atoms with E-state index in [9.17, 15) is 0 Å². The first kappa shape index (κ1) is 13.0. The maximum atomic E-state index is 5.55. The summed E-state index contributed by atoms with van der Waals surface area (Å²) in [5.41, 5.74) is 6.79. The Morgan fingerprint density at radius 3 is 3.18 bits per heavy atom. The van der Waals surface area contributed by atoms with Crippen LogP contribution in [0, 0.1) is 0 Å². The van der Waals surface area contributed by atoms with Crippen molar-refractivity contribution in [2.24, 2.45) is 5.73 Å². The Balaban J connectivity index is 1.93. The van der Waals surface area contributed by atoms with Crippen LogP contribution < -0.4 is 5.73 Å². The van der Waals surface area contributed by atoms with Crippen molar-refractivity contribution in [2.75, 3.05) is 13.1 Å². The molecule has 1 saturated heterocycles. The summed E-state index contributed by atoms with van der Waals surface area (Å²) in [6, 6.07) is 0.767. The van der Waals surface area contributed by atoms with Crippen molar-refractivity contribution in [2.45, 2.75) is 51.6 Å². The number of likely N-dealkylation sites (tertiary alicyclic amines) is 1. The van der Waals surface area contributed by atoms with Gasteiger partial charge in [-0.15, -0.1) is 11.3 Å². The normalized spacial score (nSPS) is 21.9. The lowest BCUT2D eigenvalue weighted by Gasteiger charge is -2.34. The van der Waals surface area contributed by atoms with Gasteiger partial charge < -0.3 is 5.73 Å². The number of nitrogens with zero attached hydrogens (tertiary/aromatic N) is 2. The molecular formula is C13H23N3S. The van der Waals surface area contributed by atoms with E-state index in [4.69, 9.17) is 5.73 Å². The van der Waals surface area contributed by atoms with E-state index < -0.39 is 0 Å². The van der Waals surface area contributed by atoms with E-state index in [1.165, 1.54) is 42.9 Å². The highest BCUT2D eigenvalue weighted by Gasteiger charge is 2.21. The fourth-order valence-corrected chi connectivity index (χ4v) is 3.40. The molecule has 2 rings (SSSR count). The Bertz CT molecular complexity index is 337. The van der Waals surface area contributed by atoms with Crippen LogP contribution in [0.3, 0.4) is 0 Å². The van der Waals surface area contributed by atoms with Gasteiger partial charge in [-0.1, -0.05) is 13.3 Å². The summed E-state index contributed by atoms with van der Waals surface area (Å²) >= 11 is 1.75. The van der Waals surface area contributed by atoms with Gasteiger partial charge in [0.1, 0.15) is 0 Å². The van der Waals surface area contributed by atoms with Gasteiger partial charge in [0, 0.05) is 24.4 Å². The minimum absolute atomic E-state index is 0.703. The fraction of sp³-hybridized carbons (Fsp3) is 0.769. The molecule has 3 nitrogen and oxygen atoms in total. The molecule has 96 valence electrons. The van der Waals surface area contributed by atoms with Crippen molar-refractivity contribution in [3.05, 3.63) is 16.1 Å². The number of aromatic nitrogens is 1.